The number of aromatic nitrogens is 6. The first-order chi connectivity index (χ1) is 49.9. The Kier molecular flexibility index (Phi) is 17.4. The van der Waals surface area contributed by atoms with Gasteiger partial charge < -0.3 is 14.8 Å². The van der Waals surface area contributed by atoms with Gasteiger partial charge in [-0.25, -0.2) is 4.57 Å². The van der Waals surface area contributed by atoms with Gasteiger partial charge in [-0.05, 0) is 94.8 Å². The van der Waals surface area contributed by atoms with Crippen LogP contribution in [0.1, 0.15) is 45.0 Å². The van der Waals surface area contributed by atoms with Gasteiger partial charge >= 0.3 is 25.9 Å². The molecule has 20 rings (SSSR count). The zero-order valence-electron chi connectivity index (χ0n) is 59.4. The summed E-state index contributed by atoms with van der Waals surface area (Å²) in [5, 5.41) is 2.77. The molecule has 470 valence electrons. The van der Waals surface area contributed by atoms with Crippen LogP contribution in [0.15, 0.2) is 334 Å². The molecule has 15 aromatic rings. The van der Waals surface area contributed by atoms with Crippen LogP contribution in [-0.2, 0) is 46.3 Å². The van der Waals surface area contributed by atoms with Crippen LogP contribution in [0.3, 0.4) is 0 Å². The Hall–Kier alpha value is -11.1. The number of para-hydroxylation sites is 2. The van der Waals surface area contributed by atoms with Crippen LogP contribution in [0.2, 0.25) is 0 Å². The minimum absolute atomic E-state index is 0. The first-order valence-electron chi connectivity index (χ1n) is 35.1. The summed E-state index contributed by atoms with van der Waals surface area (Å²) < 4.78 is 65.7. The van der Waals surface area contributed by atoms with Gasteiger partial charge in [0.15, 0.2) is 43.9 Å². The second kappa shape index (κ2) is 30.1. The maximum absolute atomic E-state index is 7.97. The van der Waals surface area contributed by atoms with Crippen molar-refractivity contribution in [3.05, 3.63) is 381 Å². The van der Waals surface area contributed by atoms with Gasteiger partial charge in [0.25, 0.3) is 0 Å². The van der Waals surface area contributed by atoms with Gasteiger partial charge in [0.2, 0.25) is 17.1 Å². The van der Waals surface area contributed by atoms with Crippen molar-refractivity contribution >= 4 is 42.9 Å². The maximum atomic E-state index is 7.97. The van der Waals surface area contributed by atoms with Crippen molar-refractivity contribution in [1.82, 2.24) is 9.97 Å². The molecule has 5 aliphatic heterocycles. The van der Waals surface area contributed by atoms with Crippen molar-refractivity contribution in [2.75, 3.05) is 9.80 Å². The van der Waals surface area contributed by atoms with Crippen LogP contribution in [0.4, 0.5) is 11.4 Å². The molecule has 97 heavy (non-hydrogen) atoms. The number of hydrogen-bond acceptors (Lipinski definition) is 5. The molecule has 0 saturated carbocycles. The molecule has 10 heteroatoms. The first-order valence-corrected chi connectivity index (χ1v) is 32.4. The van der Waals surface area contributed by atoms with Crippen LogP contribution in [0.25, 0.3) is 87.7 Å². The van der Waals surface area contributed by atoms with Crippen molar-refractivity contribution < 1.29 is 48.0 Å². The van der Waals surface area contributed by atoms with Gasteiger partial charge in [-0.2, -0.15) is 44.0 Å². The van der Waals surface area contributed by atoms with E-state index >= 15 is 0 Å². The third kappa shape index (κ3) is 14.2. The number of anilines is 2. The Morgan fingerprint density at radius 3 is 1.95 bits per heavy atom. The molecular formula is C87H71IrN8S+4. The standard InChI is InChI=1S/C18H12NS.C18H14N.C15H12N2.C12H11N2.C12H10N.C11H8N.CH4.Ir/c1-2-7-16-13(5-1)14-9-8-12-11-19-10-4-3-6-15(19)17(12)18(14)20-16;1-2-6-14(7-3-1)15-9-10-16-13-19-11-5-4-8-18(19)17(16)12-15;1-3-7-14(8-4-1)16-11-12-17(13-16)15-9-5-2-6-10-15;1-9-6-7-14-8-10-4-2-3-5-11(10)12(14)13-9;1-2-6-11-10(5-1)9-13-8-4-3-7-12(11)13;1-2-6-10(7-3-1)11-8-4-5-9-12-11;;/h1-10H,11H2;1-12H,13H2;1-9,11-13H;2-7H,8H2,1H3;1-8H,9H2;1-6,8-9H;1H4;/q2*+1;-2;2*+1;-1;;+3/i;;;;1D,2D,3D,4D,5D,6D,7D;;;. The number of pyridine rings is 4. The average Bonchev–Trinajstić information content (AvgIpc) is 1.59. The fourth-order valence-corrected chi connectivity index (χ4v) is 13.7. The molecular weight excluding hydrogens is 1380 g/mol. The molecule has 0 fully saturated rings. The first kappa shape index (κ1) is 56.2. The predicted octanol–water partition coefficient (Wildman–Crippen LogP) is 18.3. The molecule has 0 unspecified atom stereocenters. The molecule has 8 nitrogen and oxygen atoms in total. The normalized spacial score (nSPS) is 13.1. The maximum Gasteiger partial charge on any atom is 3.00 e. The quantitative estimate of drug-likeness (QED) is 0.130. The van der Waals surface area contributed by atoms with Crippen molar-refractivity contribution in [1.29, 1.82) is 0 Å². The van der Waals surface area contributed by atoms with Crippen LogP contribution in [0.5, 0.6) is 0 Å². The topological polar surface area (TPSA) is 47.8 Å². The molecule has 9 aromatic carbocycles. The van der Waals surface area contributed by atoms with Gasteiger partial charge in [0.05, 0.1) is 38.0 Å². The molecule has 0 atom stereocenters. The van der Waals surface area contributed by atoms with Crippen LogP contribution < -0.4 is 28.1 Å². The van der Waals surface area contributed by atoms with E-state index in [1.807, 2.05) is 127 Å². The van der Waals surface area contributed by atoms with Gasteiger partial charge in [-0.1, -0.05) is 147 Å². The Bertz CT molecular complexity index is 5550. The molecule has 0 bridgehead atoms. The van der Waals surface area contributed by atoms with Crippen LogP contribution in [0, 0.1) is 25.7 Å². The van der Waals surface area contributed by atoms with Crippen molar-refractivity contribution in [2.24, 2.45) is 0 Å². The Labute approximate surface area is 596 Å². The SMILES string of the molecule is C.Cc1cc[n+]2c(n1)-c1ccccc1C2.[2H]c1c[n+]2c(c([2H])c1[2H])-c1c([2H])c([2H])c([2H])c([2H])c1C2.[Ir+3].[c-]1ccccc1-c1ccccn1.[c-]1ccccc1N1C=CN(c2ccccc2)[CH-]1.c1cc[n+]2c(c1)-c1c(ccc3c1sc1ccccc13)C2.c1ccc(-c2ccc3c(c2)-c2cccc[n+]2C3)cc1. The van der Waals surface area contributed by atoms with Crippen LogP contribution >= 0.6 is 11.3 Å². The molecule has 0 saturated heterocycles. The number of thiophene rings is 1. The zero-order chi connectivity index (χ0) is 69.8. The number of nitrogens with zero attached hydrogens (tertiary/aromatic N) is 8. The summed E-state index contributed by atoms with van der Waals surface area (Å²) in [6, 6.07) is 90.7. The number of benzene rings is 9. The minimum atomic E-state index is -0.344. The summed E-state index contributed by atoms with van der Waals surface area (Å²) >= 11 is 1.92. The Morgan fingerprint density at radius 1 is 0.474 bits per heavy atom. The fourth-order valence-electron chi connectivity index (χ4n) is 12.4. The van der Waals surface area contributed by atoms with E-state index in [1.54, 1.807) is 10.8 Å². The predicted molar refractivity (Wildman–Crippen MR) is 391 cm³/mol. The van der Waals surface area contributed by atoms with E-state index in [1.165, 1.54) is 82.3 Å². The van der Waals surface area contributed by atoms with E-state index in [0.29, 0.717) is 5.56 Å². The monoisotopic (exact) mass is 1460 g/mol. The van der Waals surface area contributed by atoms with Crippen molar-refractivity contribution in [3.8, 4) is 67.5 Å². The van der Waals surface area contributed by atoms with Gasteiger partial charge in [-0.15, -0.1) is 59.6 Å². The van der Waals surface area contributed by atoms with Crippen LogP contribution in [-0.4, -0.2) is 9.97 Å². The Morgan fingerprint density at radius 2 is 1.13 bits per heavy atom. The van der Waals surface area contributed by atoms with Gasteiger partial charge in [0, 0.05) is 104 Å². The summed E-state index contributed by atoms with van der Waals surface area (Å²) in [5.41, 5.74) is 19.8. The number of rotatable bonds is 4. The molecule has 0 radical (unpaired) electrons. The fraction of sp³-hybridized carbons (Fsp3) is 0.0690. The summed E-state index contributed by atoms with van der Waals surface area (Å²) in [4.78, 5) is 12.9. The molecule has 0 amide bonds. The van der Waals surface area contributed by atoms with Crippen molar-refractivity contribution in [2.45, 2.75) is 40.5 Å². The third-order valence-electron chi connectivity index (χ3n) is 17.0. The van der Waals surface area contributed by atoms with Crippen molar-refractivity contribution in [3.63, 3.8) is 0 Å². The Balaban J connectivity index is 0.000000111. The van der Waals surface area contributed by atoms with E-state index in [-0.39, 0.29) is 87.6 Å². The van der Waals surface area contributed by atoms with E-state index in [0.717, 1.165) is 53.8 Å². The summed E-state index contributed by atoms with van der Waals surface area (Å²) in [5.74, 6) is 1.10. The number of hydrogen-bond donors (Lipinski definition) is 0. The molecule has 11 heterocycles. The summed E-state index contributed by atoms with van der Waals surface area (Å²) in [6.07, 6.45) is 13.7. The summed E-state index contributed by atoms with van der Waals surface area (Å²) in [6.45, 7) is 7.21. The molecule has 0 N–H and O–H groups in total. The zero-order valence-corrected chi connectivity index (χ0v) is 55.6. The number of fused-ring (bicyclic) bond motifs is 16. The van der Waals surface area contributed by atoms with Gasteiger partial charge in [-0.3, -0.25) is 0 Å². The second-order valence-corrected chi connectivity index (χ2v) is 24.1. The van der Waals surface area contributed by atoms with E-state index < -0.39 is 0 Å². The second-order valence-electron chi connectivity index (χ2n) is 23.1. The molecule has 6 aromatic heterocycles. The summed E-state index contributed by atoms with van der Waals surface area (Å²) in [7, 11) is 0. The average molecular weight is 1460 g/mol. The smallest absolute Gasteiger partial charge is 0.500 e. The number of aryl methyl sites for hydroxylation is 1. The molecule has 0 spiro atoms. The van der Waals surface area contributed by atoms with E-state index in [4.69, 9.17) is 9.60 Å². The third-order valence-corrected chi connectivity index (χ3v) is 18.2. The van der Waals surface area contributed by atoms with E-state index in [9.17, 15) is 0 Å². The minimum Gasteiger partial charge on any atom is -0.500 e. The van der Waals surface area contributed by atoms with E-state index in [2.05, 4.69) is 223 Å². The largest absolute Gasteiger partial charge is 3.00 e. The molecule has 5 aliphatic rings. The molecule has 0 aliphatic carbocycles. The van der Waals surface area contributed by atoms with Gasteiger partial charge in [0.1, 0.15) is 6.54 Å².